The highest BCUT2D eigenvalue weighted by molar-refractivity contribution is 6.01. The minimum absolute atomic E-state index is 0.124. The van der Waals surface area contributed by atoms with Gasteiger partial charge in [0, 0.05) is 12.8 Å². The van der Waals surface area contributed by atoms with Gasteiger partial charge in [-0.2, -0.15) is 0 Å². The van der Waals surface area contributed by atoms with Gasteiger partial charge < -0.3 is 10.2 Å². The molecule has 0 aromatic rings. The lowest BCUT2D eigenvalue weighted by Crippen LogP contribution is -2.45. The predicted molar refractivity (Wildman–Crippen MR) is 43.7 cm³/mol. The number of likely N-dealkylation sites (tertiary alicyclic amines) is 1. The summed E-state index contributed by atoms with van der Waals surface area (Å²) in [5.41, 5.74) is -1.39. The Hall–Kier alpha value is -0.940. The van der Waals surface area contributed by atoms with Crippen LogP contribution in [0.5, 0.6) is 0 Å². The zero-order chi connectivity index (χ0) is 10.1. The van der Waals surface area contributed by atoms with Crippen LogP contribution in [0.3, 0.4) is 0 Å². The van der Waals surface area contributed by atoms with Crippen molar-refractivity contribution in [2.24, 2.45) is 0 Å². The minimum atomic E-state index is -1.39. The van der Waals surface area contributed by atoms with Crippen molar-refractivity contribution in [3.63, 3.8) is 0 Å². The third kappa shape index (κ3) is 2.26. The standard InChI is InChI=1S/C8H13NO4/c1-8(13,5-10)4-9-6(11)2-3-7(9)12/h10,13H,2-5H2,1H3. The second-order valence-electron chi connectivity index (χ2n) is 3.53. The topological polar surface area (TPSA) is 77.8 Å². The number of amides is 2. The van der Waals surface area contributed by atoms with Crippen LogP contribution in [0.2, 0.25) is 0 Å². The molecule has 1 saturated heterocycles. The number of imide groups is 1. The molecule has 0 radical (unpaired) electrons. The quantitative estimate of drug-likeness (QED) is 0.548. The Kier molecular flexibility index (Phi) is 2.68. The maximum atomic E-state index is 11.1. The second-order valence-corrected chi connectivity index (χ2v) is 3.53. The van der Waals surface area contributed by atoms with Gasteiger partial charge in [-0.3, -0.25) is 14.5 Å². The van der Waals surface area contributed by atoms with Gasteiger partial charge in [-0.1, -0.05) is 0 Å². The molecule has 5 nitrogen and oxygen atoms in total. The summed E-state index contributed by atoms with van der Waals surface area (Å²) in [7, 11) is 0. The lowest BCUT2D eigenvalue weighted by atomic mass is 10.1. The van der Waals surface area contributed by atoms with E-state index in [-0.39, 0.29) is 31.2 Å². The van der Waals surface area contributed by atoms with E-state index >= 15 is 0 Å². The summed E-state index contributed by atoms with van der Waals surface area (Å²) in [6.07, 6.45) is 0.417. The van der Waals surface area contributed by atoms with E-state index in [1.165, 1.54) is 6.92 Å². The monoisotopic (exact) mass is 187 g/mol. The molecule has 2 N–H and O–H groups in total. The molecule has 1 rings (SSSR count). The first-order chi connectivity index (χ1) is 5.96. The van der Waals surface area contributed by atoms with Crippen LogP contribution in [0.15, 0.2) is 0 Å². The highest BCUT2D eigenvalue weighted by Gasteiger charge is 2.34. The van der Waals surface area contributed by atoms with Gasteiger partial charge in [0.1, 0.15) is 5.60 Å². The molecule has 74 valence electrons. The summed E-state index contributed by atoms with van der Waals surface area (Å²) in [5.74, 6) is -0.558. The zero-order valence-corrected chi connectivity index (χ0v) is 7.49. The van der Waals surface area contributed by atoms with Crippen molar-refractivity contribution in [2.75, 3.05) is 13.2 Å². The van der Waals surface area contributed by atoms with E-state index in [4.69, 9.17) is 5.11 Å². The first kappa shape index (κ1) is 10.1. The smallest absolute Gasteiger partial charge is 0.229 e. The van der Waals surface area contributed by atoms with Crippen molar-refractivity contribution in [2.45, 2.75) is 25.4 Å². The molecular weight excluding hydrogens is 174 g/mol. The molecule has 0 spiro atoms. The van der Waals surface area contributed by atoms with Gasteiger partial charge in [0.25, 0.3) is 0 Å². The highest BCUT2D eigenvalue weighted by Crippen LogP contribution is 2.15. The van der Waals surface area contributed by atoms with Crippen molar-refractivity contribution in [3.05, 3.63) is 0 Å². The van der Waals surface area contributed by atoms with Gasteiger partial charge in [-0.15, -0.1) is 0 Å². The Labute approximate surface area is 76.0 Å². The van der Waals surface area contributed by atoms with Crippen LogP contribution >= 0.6 is 0 Å². The summed E-state index contributed by atoms with van der Waals surface area (Å²) >= 11 is 0. The van der Waals surface area contributed by atoms with Crippen LogP contribution in [-0.2, 0) is 9.59 Å². The molecule has 1 atom stereocenters. The van der Waals surface area contributed by atoms with E-state index in [0.717, 1.165) is 4.90 Å². The minimum Gasteiger partial charge on any atom is -0.393 e. The molecule has 0 aromatic heterocycles. The van der Waals surface area contributed by atoms with Crippen molar-refractivity contribution in [3.8, 4) is 0 Å². The van der Waals surface area contributed by atoms with Crippen LogP contribution in [-0.4, -0.2) is 45.7 Å². The Bertz CT molecular complexity index is 220. The number of carbonyl (C=O) groups excluding carboxylic acids is 2. The number of carbonyl (C=O) groups is 2. The largest absolute Gasteiger partial charge is 0.393 e. The molecule has 1 aliphatic rings. The fourth-order valence-corrected chi connectivity index (χ4v) is 1.19. The number of nitrogens with zero attached hydrogens (tertiary/aromatic N) is 1. The van der Waals surface area contributed by atoms with Crippen molar-refractivity contribution in [1.29, 1.82) is 0 Å². The van der Waals surface area contributed by atoms with E-state index in [1.807, 2.05) is 0 Å². The van der Waals surface area contributed by atoms with Gasteiger partial charge in [0.15, 0.2) is 0 Å². The van der Waals surface area contributed by atoms with Gasteiger partial charge in [-0.05, 0) is 6.92 Å². The number of rotatable bonds is 3. The SMILES string of the molecule is CC(O)(CO)CN1C(=O)CCC1=O. The number of β-amino-alcohol motifs (C(OH)–C–C–N with tert-alkyl or cyclic N) is 1. The molecule has 0 aromatic carbocycles. The summed E-state index contributed by atoms with van der Waals surface area (Å²) in [5, 5.41) is 18.2. The molecule has 1 heterocycles. The Morgan fingerprint density at radius 2 is 1.85 bits per heavy atom. The lowest BCUT2D eigenvalue weighted by molar-refractivity contribution is -0.143. The van der Waals surface area contributed by atoms with E-state index in [1.54, 1.807) is 0 Å². The Morgan fingerprint density at radius 3 is 2.23 bits per heavy atom. The highest BCUT2D eigenvalue weighted by atomic mass is 16.3. The normalized spacial score (nSPS) is 22.2. The second kappa shape index (κ2) is 3.43. The molecular formula is C8H13NO4. The van der Waals surface area contributed by atoms with Gasteiger partial charge >= 0.3 is 0 Å². The van der Waals surface area contributed by atoms with Crippen LogP contribution < -0.4 is 0 Å². The predicted octanol–water partition coefficient (Wildman–Crippen LogP) is -1.12. The van der Waals surface area contributed by atoms with Gasteiger partial charge in [0.2, 0.25) is 11.8 Å². The fourth-order valence-electron chi connectivity index (χ4n) is 1.19. The number of hydrogen-bond donors (Lipinski definition) is 2. The molecule has 0 bridgehead atoms. The first-order valence-electron chi connectivity index (χ1n) is 4.13. The molecule has 5 heteroatoms. The zero-order valence-electron chi connectivity index (χ0n) is 7.49. The molecule has 1 aliphatic heterocycles. The maximum Gasteiger partial charge on any atom is 0.229 e. The molecule has 1 unspecified atom stereocenters. The van der Waals surface area contributed by atoms with E-state index in [9.17, 15) is 14.7 Å². The van der Waals surface area contributed by atoms with Crippen LogP contribution in [0.4, 0.5) is 0 Å². The molecule has 0 saturated carbocycles. The lowest BCUT2D eigenvalue weighted by Gasteiger charge is -2.25. The fraction of sp³-hybridized carbons (Fsp3) is 0.750. The van der Waals surface area contributed by atoms with Crippen molar-refractivity contribution < 1.29 is 19.8 Å². The van der Waals surface area contributed by atoms with E-state index in [2.05, 4.69) is 0 Å². The number of aliphatic hydroxyl groups excluding tert-OH is 1. The van der Waals surface area contributed by atoms with Crippen LogP contribution in [0, 0.1) is 0 Å². The van der Waals surface area contributed by atoms with Crippen LogP contribution in [0.1, 0.15) is 19.8 Å². The summed E-state index contributed by atoms with van der Waals surface area (Å²) in [6, 6.07) is 0. The average molecular weight is 187 g/mol. The number of hydrogen-bond acceptors (Lipinski definition) is 4. The average Bonchev–Trinajstić information content (AvgIpc) is 2.36. The Balaban J connectivity index is 2.62. The summed E-state index contributed by atoms with van der Waals surface area (Å²) in [6.45, 7) is 0.789. The van der Waals surface area contributed by atoms with Gasteiger partial charge in [0.05, 0.1) is 13.2 Å². The third-order valence-electron chi connectivity index (χ3n) is 1.99. The van der Waals surface area contributed by atoms with E-state index in [0.29, 0.717) is 0 Å². The molecule has 13 heavy (non-hydrogen) atoms. The summed E-state index contributed by atoms with van der Waals surface area (Å²) < 4.78 is 0. The molecule has 1 fully saturated rings. The molecule has 0 aliphatic carbocycles. The summed E-state index contributed by atoms with van der Waals surface area (Å²) in [4.78, 5) is 23.2. The van der Waals surface area contributed by atoms with Crippen molar-refractivity contribution >= 4 is 11.8 Å². The maximum absolute atomic E-state index is 11.1. The van der Waals surface area contributed by atoms with Crippen molar-refractivity contribution in [1.82, 2.24) is 4.90 Å². The van der Waals surface area contributed by atoms with E-state index < -0.39 is 12.2 Å². The number of aliphatic hydroxyl groups is 2. The van der Waals surface area contributed by atoms with Crippen LogP contribution in [0.25, 0.3) is 0 Å². The third-order valence-corrected chi connectivity index (χ3v) is 1.99. The van der Waals surface area contributed by atoms with Gasteiger partial charge in [-0.25, -0.2) is 0 Å². The first-order valence-corrected chi connectivity index (χ1v) is 4.13. The Morgan fingerprint density at radius 1 is 1.38 bits per heavy atom. The molecule has 2 amide bonds.